The van der Waals surface area contributed by atoms with Crippen molar-refractivity contribution in [2.24, 2.45) is 0 Å². The highest BCUT2D eigenvalue weighted by molar-refractivity contribution is 5.66. The number of ether oxygens (including phenoxy) is 1. The van der Waals surface area contributed by atoms with Crippen molar-refractivity contribution in [1.82, 2.24) is 5.06 Å². The smallest absolute Gasteiger partial charge is 0.434 e. The van der Waals surface area contributed by atoms with Gasteiger partial charge in [0.2, 0.25) is 0 Å². The average molecular weight is 159 g/mol. The lowest BCUT2D eigenvalue weighted by atomic mass is 10.3. The van der Waals surface area contributed by atoms with Gasteiger partial charge >= 0.3 is 6.09 Å². The topological polar surface area (TPSA) is 38.8 Å². The first-order chi connectivity index (χ1) is 5.25. The summed E-state index contributed by atoms with van der Waals surface area (Å²) in [4.78, 5) is 16.1. The zero-order valence-corrected chi connectivity index (χ0v) is 6.87. The molecule has 1 aliphatic heterocycles. The molecule has 1 aliphatic rings. The average Bonchev–Trinajstić information content (AvgIpc) is 2.36. The molecule has 1 atom stereocenters. The van der Waals surface area contributed by atoms with Crippen LogP contribution in [-0.4, -0.2) is 30.4 Å². The van der Waals surface area contributed by atoms with Crippen molar-refractivity contribution >= 4 is 6.09 Å². The van der Waals surface area contributed by atoms with Crippen LogP contribution in [0.2, 0.25) is 0 Å². The molecule has 0 saturated carbocycles. The van der Waals surface area contributed by atoms with Gasteiger partial charge < -0.3 is 4.74 Å². The Bertz CT molecular complexity index is 149. The van der Waals surface area contributed by atoms with Gasteiger partial charge in [-0.15, -0.1) is 0 Å². The van der Waals surface area contributed by atoms with E-state index in [1.165, 1.54) is 5.06 Å². The number of carbonyl (C=O) groups is 1. The molecule has 4 nitrogen and oxygen atoms in total. The van der Waals surface area contributed by atoms with Crippen LogP contribution in [0.25, 0.3) is 0 Å². The van der Waals surface area contributed by atoms with Gasteiger partial charge in [0.15, 0.2) is 0 Å². The lowest BCUT2D eigenvalue weighted by molar-refractivity contribution is -0.106. The van der Waals surface area contributed by atoms with E-state index in [1.54, 1.807) is 6.92 Å². The van der Waals surface area contributed by atoms with Crippen molar-refractivity contribution in [2.75, 3.05) is 13.2 Å². The lowest BCUT2D eigenvalue weighted by Gasteiger charge is -2.17. The molecular weight excluding hydrogens is 146 g/mol. The van der Waals surface area contributed by atoms with Gasteiger partial charge in [-0.25, -0.2) is 4.79 Å². The number of nitrogens with zero attached hydrogens (tertiary/aromatic N) is 1. The molecule has 1 saturated heterocycles. The second-order valence-corrected chi connectivity index (χ2v) is 2.50. The fourth-order valence-corrected chi connectivity index (χ4v) is 0.986. The van der Waals surface area contributed by atoms with Crippen molar-refractivity contribution < 1.29 is 14.4 Å². The fourth-order valence-electron chi connectivity index (χ4n) is 0.986. The quantitative estimate of drug-likeness (QED) is 0.576. The van der Waals surface area contributed by atoms with Crippen LogP contribution in [0.5, 0.6) is 0 Å². The van der Waals surface area contributed by atoms with Crippen LogP contribution in [0.15, 0.2) is 0 Å². The van der Waals surface area contributed by atoms with E-state index in [2.05, 4.69) is 0 Å². The van der Waals surface area contributed by atoms with Gasteiger partial charge in [-0.2, -0.15) is 5.06 Å². The van der Waals surface area contributed by atoms with Gasteiger partial charge in [0.25, 0.3) is 0 Å². The van der Waals surface area contributed by atoms with Crippen LogP contribution in [0.4, 0.5) is 4.79 Å². The summed E-state index contributed by atoms with van der Waals surface area (Å²) in [6, 6.07) is 0.147. The van der Waals surface area contributed by atoms with Crippen molar-refractivity contribution in [3.05, 3.63) is 0 Å². The van der Waals surface area contributed by atoms with Crippen molar-refractivity contribution in [1.29, 1.82) is 0 Å². The zero-order valence-electron chi connectivity index (χ0n) is 6.87. The Hall–Kier alpha value is -0.770. The molecule has 0 bridgehead atoms. The highest BCUT2D eigenvalue weighted by atomic mass is 16.7. The summed E-state index contributed by atoms with van der Waals surface area (Å²) in [5, 5.41) is 1.30. The summed E-state index contributed by atoms with van der Waals surface area (Å²) in [5.74, 6) is 0. The first-order valence-corrected chi connectivity index (χ1v) is 3.84. The van der Waals surface area contributed by atoms with E-state index in [1.807, 2.05) is 6.92 Å². The van der Waals surface area contributed by atoms with Gasteiger partial charge in [0.05, 0.1) is 19.3 Å². The molecule has 0 N–H and O–H groups in total. The molecule has 0 unspecified atom stereocenters. The molecule has 64 valence electrons. The third kappa shape index (κ3) is 1.83. The van der Waals surface area contributed by atoms with Gasteiger partial charge in [-0.05, 0) is 20.3 Å². The SMILES string of the molecule is CCOC(=O)N1OCC[C@@H]1C. The van der Waals surface area contributed by atoms with Gasteiger partial charge in [-0.3, -0.25) is 4.84 Å². The Morgan fingerprint density at radius 2 is 2.55 bits per heavy atom. The third-order valence-corrected chi connectivity index (χ3v) is 1.61. The van der Waals surface area contributed by atoms with E-state index in [0.717, 1.165) is 6.42 Å². The Morgan fingerprint density at radius 1 is 1.82 bits per heavy atom. The van der Waals surface area contributed by atoms with Crippen LogP contribution in [0.1, 0.15) is 20.3 Å². The maximum atomic E-state index is 11.0. The molecule has 0 aromatic rings. The molecule has 0 aromatic heterocycles. The summed E-state index contributed by atoms with van der Waals surface area (Å²) in [6.07, 6.45) is 0.510. The van der Waals surface area contributed by atoms with Gasteiger partial charge in [0.1, 0.15) is 0 Å². The standard InChI is InChI=1S/C7H13NO3/c1-3-10-7(9)8-6(2)4-5-11-8/h6H,3-5H2,1-2H3/t6-/m0/s1. The molecule has 0 aromatic carbocycles. The molecule has 0 aliphatic carbocycles. The van der Waals surface area contributed by atoms with Crippen molar-refractivity contribution in [3.63, 3.8) is 0 Å². The summed E-state index contributed by atoms with van der Waals surface area (Å²) < 4.78 is 4.76. The van der Waals surface area contributed by atoms with E-state index in [4.69, 9.17) is 9.57 Å². The van der Waals surface area contributed by atoms with Gasteiger partial charge in [0, 0.05) is 0 Å². The molecule has 0 spiro atoms. The number of hydrogen-bond acceptors (Lipinski definition) is 3. The van der Waals surface area contributed by atoms with E-state index < -0.39 is 0 Å². The van der Waals surface area contributed by atoms with Crippen molar-refractivity contribution in [3.8, 4) is 0 Å². The lowest BCUT2D eigenvalue weighted by Crippen LogP contribution is -2.32. The molecule has 1 amide bonds. The van der Waals surface area contributed by atoms with Crippen LogP contribution < -0.4 is 0 Å². The van der Waals surface area contributed by atoms with Crippen LogP contribution in [0, 0.1) is 0 Å². The second-order valence-electron chi connectivity index (χ2n) is 2.50. The van der Waals surface area contributed by atoms with E-state index in [-0.39, 0.29) is 12.1 Å². The second kappa shape index (κ2) is 3.57. The van der Waals surface area contributed by atoms with E-state index in [9.17, 15) is 4.79 Å². The molecule has 11 heavy (non-hydrogen) atoms. The minimum absolute atomic E-state index is 0.147. The fraction of sp³-hybridized carbons (Fsp3) is 0.857. The van der Waals surface area contributed by atoms with E-state index >= 15 is 0 Å². The number of carbonyl (C=O) groups excluding carboxylic acids is 1. The molecule has 1 fully saturated rings. The first kappa shape index (κ1) is 8.33. The summed E-state index contributed by atoms with van der Waals surface area (Å²) in [5.41, 5.74) is 0. The Morgan fingerprint density at radius 3 is 3.00 bits per heavy atom. The summed E-state index contributed by atoms with van der Waals surface area (Å²) in [6.45, 7) is 4.72. The zero-order chi connectivity index (χ0) is 8.27. The minimum atomic E-state index is -0.377. The first-order valence-electron chi connectivity index (χ1n) is 3.84. The highest BCUT2D eigenvalue weighted by Crippen LogP contribution is 2.14. The Balaban J connectivity index is 2.39. The number of rotatable bonds is 1. The molecule has 1 heterocycles. The predicted octanol–water partition coefficient (Wildman–Crippen LogP) is 1.17. The van der Waals surface area contributed by atoms with Gasteiger partial charge in [-0.1, -0.05) is 0 Å². The monoisotopic (exact) mass is 159 g/mol. The van der Waals surface area contributed by atoms with Crippen LogP contribution in [0.3, 0.4) is 0 Å². The largest absolute Gasteiger partial charge is 0.448 e. The highest BCUT2D eigenvalue weighted by Gasteiger charge is 2.27. The van der Waals surface area contributed by atoms with E-state index in [0.29, 0.717) is 13.2 Å². The molecular formula is C7H13NO3. The maximum Gasteiger partial charge on any atom is 0.434 e. The molecule has 0 radical (unpaired) electrons. The van der Waals surface area contributed by atoms with Crippen LogP contribution in [-0.2, 0) is 9.57 Å². The number of amides is 1. The Labute approximate surface area is 66.0 Å². The summed E-state index contributed by atoms with van der Waals surface area (Å²) >= 11 is 0. The third-order valence-electron chi connectivity index (χ3n) is 1.61. The molecule has 1 rings (SSSR count). The maximum absolute atomic E-state index is 11.0. The minimum Gasteiger partial charge on any atom is -0.448 e. The Kier molecular flexibility index (Phi) is 2.70. The van der Waals surface area contributed by atoms with Crippen molar-refractivity contribution in [2.45, 2.75) is 26.3 Å². The molecule has 4 heteroatoms. The summed E-state index contributed by atoms with van der Waals surface area (Å²) in [7, 11) is 0. The van der Waals surface area contributed by atoms with Crippen LogP contribution >= 0.6 is 0 Å². The predicted molar refractivity (Wildman–Crippen MR) is 38.9 cm³/mol. The number of hydroxylamine groups is 2. The normalized spacial score (nSPS) is 23.8. The number of hydrogen-bond donors (Lipinski definition) is 0.